The lowest BCUT2D eigenvalue weighted by atomic mass is 10.0. The molecule has 2 aromatic carbocycles. The molecule has 0 spiro atoms. The molecule has 0 unspecified atom stereocenters. The van der Waals surface area contributed by atoms with E-state index in [1.165, 1.54) is 12.1 Å². The molecule has 0 fully saturated rings. The molecule has 1 amide bonds. The minimum Gasteiger partial charge on any atom is -0.376 e. The SMILES string of the molecule is CC(C)c1cccc(NC(=O)CNc2cccc([N+](=O)[O-])c2)c1. The highest BCUT2D eigenvalue weighted by Gasteiger charge is 2.07. The van der Waals surface area contributed by atoms with Gasteiger partial charge in [-0.3, -0.25) is 14.9 Å². The lowest BCUT2D eigenvalue weighted by Crippen LogP contribution is -2.21. The minimum atomic E-state index is -0.470. The summed E-state index contributed by atoms with van der Waals surface area (Å²) >= 11 is 0. The number of hydrogen-bond donors (Lipinski definition) is 2. The van der Waals surface area contributed by atoms with Crippen molar-refractivity contribution in [1.82, 2.24) is 0 Å². The lowest BCUT2D eigenvalue weighted by Gasteiger charge is -2.10. The summed E-state index contributed by atoms with van der Waals surface area (Å²) in [6.07, 6.45) is 0. The van der Waals surface area contributed by atoms with Crippen molar-refractivity contribution in [2.75, 3.05) is 17.2 Å². The largest absolute Gasteiger partial charge is 0.376 e. The van der Waals surface area contributed by atoms with Gasteiger partial charge in [0.1, 0.15) is 0 Å². The molecular formula is C17H19N3O3. The zero-order chi connectivity index (χ0) is 16.8. The van der Waals surface area contributed by atoms with Crippen LogP contribution < -0.4 is 10.6 Å². The molecule has 120 valence electrons. The molecule has 0 saturated carbocycles. The van der Waals surface area contributed by atoms with Crippen molar-refractivity contribution in [3.05, 3.63) is 64.2 Å². The highest BCUT2D eigenvalue weighted by Crippen LogP contribution is 2.19. The van der Waals surface area contributed by atoms with Crippen LogP contribution in [0.2, 0.25) is 0 Å². The maximum absolute atomic E-state index is 12.0. The Hall–Kier alpha value is -2.89. The highest BCUT2D eigenvalue weighted by atomic mass is 16.6. The second-order valence-electron chi connectivity index (χ2n) is 5.49. The third-order valence-electron chi connectivity index (χ3n) is 3.35. The van der Waals surface area contributed by atoms with Crippen LogP contribution in [0.15, 0.2) is 48.5 Å². The third kappa shape index (κ3) is 4.81. The van der Waals surface area contributed by atoms with Crippen LogP contribution in [0.3, 0.4) is 0 Å². The summed E-state index contributed by atoms with van der Waals surface area (Å²) in [4.78, 5) is 22.2. The van der Waals surface area contributed by atoms with E-state index < -0.39 is 4.92 Å². The van der Waals surface area contributed by atoms with Gasteiger partial charge in [-0.25, -0.2) is 0 Å². The molecule has 0 bridgehead atoms. The predicted molar refractivity (Wildman–Crippen MR) is 90.7 cm³/mol. The van der Waals surface area contributed by atoms with Crippen molar-refractivity contribution in [3.8, 4) is 0 Å². The van der Waals surface area contributed by atoms with Crippen LogP contribution in [0.25, 0.3) is 0 Å². The Morgan fingerprint density at radius 1 is 1.13 bits per heavy atom. The molecule has 23 heavy (non-hydrogen) atoms. The molecule has 0 aliphatic carbocycles. The zero-order valence-electron chi connectivity index (χ0n) is 13.1. The van der Waals surface area contributed by atoms with Crippen LogP contribution in [0.5, 0.6) is 0 Å². The van der Waals surface area contributed by atoms with E-state index in [9.17, 15) is 14.9 Å². The second kappa shape index (κ2) is 7.40. The standard InChI is InChI=1S/C17H19N3O3/c1-12(2)13-5-3-7-15(9-13)19-17(21)11-18-14-6-4-8-16(10-14)20(22)23/h3-10,12,18H,11H2,1-2H3,(H,19,21). The number of benzene rings is 2. The summed E-state index contributed by atoms with van der Waals surface area (Å²) in [6.45, 7) is 4.21. The molecule has 2 aromatic rings. The van der Waals surface area contributed by atoms with E-state index in [1.807, 2.05) is 24.3 Å². The Morgan fingerprint density at radius 2 is 1.83 bits per heavy atom. The molecule has 0 aliphatic heterocycles. The molecular weight excluding hydrogens is 294 g/mol. The number of anilines is 2. The van der Waals surface area contributed by atoms with Crippen molar-refractivity contribution in [2.24, 2.45) is 0 Å². The summed E-state index contributed by atoms with van der Waals surface area (Å²) in [6, 6.07) is 13.7. The first-order valence-corrected chi connectivity index (χ1v) is 7.34. The van der Waals surface area contributed by atoms with Gasteiger partial charge in [0.15, 0.2) is 0 Å². The van der Waals surface area contributed by atoms with E-state index in [1.54, 1.807) is 12.1 Å². The number of rotatable bonds is 6. The number of nitro groups is 1. The predicted octanol–water partition coefficient (Wildman–Crippen LogP) is 3.77. The third-order valence-corrected chi connectivity index (χ3v) is 3.35. The number of carbonyl (C=O) groups is 1. The molecule has 2 N–H and O–H groups in total. The molecule has 0 aromatic heterocycles. The Morgan fingerprint density at radius 3 is 2.52 bits per heavy atom. The van der Waals surface area contributed by atoms with E-state index in [0.717, 1.165) is 11.3 Å². The van der Waals surface area contributed by atoms with Gasteiger partial charge in [0, 0.05) is 23.5 Å². The number of carbonyl (C=O) groups excluding carboxylic acids is 1. The second-order valence-corrected chi connectivity index (χ2v) is 5.49. The zero-order valence-corrected chi connectivity index (χ0v) is 13.1. The maximum atomic E-state index is 12.0. The van der Waals surface area contributed by atoms with E-state index >= 15 is 0 Å². The first-order chi connectivity index (χ1) is 11.0. The topological polar surface area (TPSA) is 84.3 Å². The molecule has 2 rings (SSSR count). The van der Waals surface area contributed by atoms with Crippen LogP contribution in [0, 0.1) is 10.1 Å². The molecule has 0 atom stereocenters. The molecule has 0 radical (unpaired) electrons. The van der Waals surface area contributed by atoms with Gasteiger partial charge >= 0.3 is 0 Å². The van der Waals surface area contributed by atoms with Crippen LogP contribution >= 0.6 is 0 Å². The molecule has 0 saturated heterocycles. The van der Waals surface area contributed by atoms with Crippen LogP contribution in [0.4, 0.5) is 17.1 Å². The van der Waals surface area contributed by atoms with Crippen molar-refractivity contribution < 1.29 is 9.72 Å². The quantitative estimate of drug-likeness (QED) is 0.628. The summed E-state index contributed by atoms with van der Waals surface area (Å²) < 4.78 is 0. The van der Waals surface area contributed by atoms with E-state index in [-0.39, 0.29) is 18.1 Å². The van der Waals surface area contributed by atoms with E-state index in [0.29, 0.717) is 11.6 Å². The van der Waals surface area contributed by atoms with Gasteiger partial charge in [0.25, 0.3) is 5.69 Å². The molecule has 0 aliphatic rings. The van der Waals surface area contributed by atoms with Gasteiger partial charge in [0.05, 0.1) is 11.5 Å². The highest BCUT2D eigenvalue weighted by molar-refractivity contribution is 5.93. The Balaban J connectivity index is 1.94. The fourth-order valence-corrected chi connectivity index (χ4v) is 2.09. The average Bonchev–Trinajstić information content (AvgIpc) is 2.53. The van der Waals surface area contributed by atoms with Crippen LogP contribution in [-0.2, 0) is 4.79 Å². The Bertz CT molecular complexity index is 714. The summed E-state index contributed by atoms with van der Waals surface area (Å²) in [5, 5.41) is 16.4. The first kappa shape index (κ1) is 16.5. The monoisotopic (exact) mass is 313 g/mol. The van der Waals surface area contributed by atoms with Crippen LogP contribution in [-0.4, -0.2) is 17.4 Å². The van der Waals surface area contributed by atoms with Gasteiger partial charge in [-0.05, 0) is 29.7 Å². The van der Waals surface area contributed by atoms with Gasteiger partial charge in [-0.2, -0.15) is 0 Å². The Labute approximate surface area is 134 Å². The average molecular weight is 313 g/mol. The Kier molecular flexibility index (Phi) is 5.30. The van der Waals surface area contributed by atoms with Gasteiger partial charge < -0.3 is 10.6 Å². The molecule has 6 nitrogen and oxygen atoms in total. The van der Waals surface area contributed by atoms with Crippen molar-refractivity contribution in [1.29, 1.82) is 0 Å². The van der Waals surface area contributed by atoms with Crippen LogP contribution in [0.1, 0.15) is 25.3 Å². The number of nitrogens with one attached hydrogen (secondary N) is 2. The van der Waals surface area contributed by atoms with Gasteiger partial charge in [-0.15, -0.1) is 0 Å². The fraction of sp³-hybridized carbons (Fsp3) is 0.235. The lowest BCUT2D eigenvalue weighted by molar-refractivity contribution is -0.384. The van der Waals surface area contributed by atoms with Crippen molar-refractivity contribution in [2.45, 2.75) is 19.8 Å². The number of nitro benzene ring substituents is 1. The minimum absolute atomic E-state index is 0.0138. The first-order valence-electron chi connectivity index (χ1n) is 7.34. The number of nitrogens with zero attached hydrogens (tertiary/aromatic N) is 1. The summed E-state index contributed by atoms with van der Waals surface area (Å²) in [7, 11) is 0. The normalized spacial score (nSPS) is 10.4. The molecule has 0 heterocycles. The number of non-ortho nitro benzene ring substituents is 1. The van der Waals surface area contributed by atoms with Gasteiger partial charge in [0.2, 0.25) is 5.91 Å². The number of amides is 1. The van der Waals surface area contributed by atoms with E-state index in [4.69, 9.17) is 0 Å². The number of hydrogen-bond acceptors (Lipinski definition) is 4. The van der Waals surface area contributed by atoms with Gasteiger partial charge in [-0.1, -0.05) is 32.0 Å². The fourth-order valence-electron chi connectivity index (χ4n) is 2.09. The molecule has 6 heteroatoms. The van der Waals surface area contributed by atoms with Crippen molar-refractivity contribution >= 4 is 23.0 Å². The summed E-state index contributed by atoms with van der Waals surface area (Å²) in [5.74, 6) is 0.173. The van der Waals surface area contributed by atoms with Crippen molar-refractivity contribution in [3.63, 3.8) is 0 Å². The summed E-state index contributed by atoms with van der Waals surface area (Å²) in [5.41, 5.74) is 2.40. The maximum Gasteiger partial charge on any atom is 0.271 e. The smallest absolute Gasteiger partial charge is 0.271 e. The van der Waals surface area contributed by atoms with E-state index in [2.05, 4.69) is 24.5 Å².